The molecule has 0 heterocycles. The number of hydrogen-bond acceptors (Lipinski definition) is 1. The van der Waals surface area contributed by atoms with Crippen molar-refractivity contribution in [3.63, 3.8) is 0 Å². The second-order valence-electron chi connectivity index (χ2n) is 4.02. The van der Waals surface area contributed by atoms with Crippen molar-refractivity contribution in [1.29, 1.82) is 0 Å². The molecule has 84 valence electrons. The van der Waals surface area contributed by atoms with Gasteiger partial charge in [0, 0.05) is 18.0 Å². The molecule has 0 radical (unpaired) electrons. The lowest BCUT2D eigenvalue weighted by Gasteiger charge is -2.20. The lowest BCUT2D eigenvalue weighted by atomic mass is 10.1. The van der Waals surface area contributed by atoms with Gasteiger partial charge in [-0.25, -0.2) is 0 Å². The summed E-state index contributed by atoms with van der Waals surface area (Å²) in [6, 6.07) is 11.4. The third kappa shape index (κ3) is 4.67. The van der Waals surface area contributed by atoms with Gasteiger partial charge in [0.05, 0.1) is 0 Å². The van der Waals surface area contributed by atoms with E-state index in [4.69, 9.17) is 11.6 Å². The predicted molar refractivity (Wildman–Crippen MR) is 67.5 cm³/mol. The Labute approximate surface area is 97.8 Å². The fraction of sp³-hybridized carbons (Fsp3) is 0.538. The fourth-order valence-corrected chi connectivity index (χ4v) is 1.78. The van der Waals surface area contributed by atoms with Gasteiger partial charge < -0.3 is 5.32 Å². The SMILES string of the molecule is CCC(C)NC(CCl)Cc1ccccc1. The third-order valence-corrected chi connectivity index (χ3v) is 3.02. The van der Waals surface area contributed by atoms with E-state index in [9.17, 15) is 0 Å². The van der Waals surface area contributed by atoms with Crippen LogP contribution in [-0.4, -0.2) is 18.0 Å². The van der Waals surface area contributed by atoms with Gasteiger partial charge in [0.1, 0.15) is 0 Å². The molecule has 0 amide bonds. The summed E-state index contributed by atoms with van der Waals surface area (Å²) in [5, 5.41) is 3.53. The van der Waals surface area contributed by atoms with Crippen LogP contribution in [0.25, 0.3) is 0 Å². The Balaban J connectivity index is 2.47. The highest BCUT2D eigenvalue weighted by atomic mass is 35.5. The van der Waals surface area contributed by atoms with Crippen LogP contribution in [0.5, 0.6) is 0 Å². The molecule has 0 saturated heterocycles. The van der Waals surface area contributed by atoms with E-state index in [1.54, 1.807) is 0 Å². The average Bonchev–Trinajstić information content (AvgIpc) is 2.29. The smallest absolute Gasteiger partial charge is 0.0380 e. The van der Waals surface area contributed by atoms with Gasteiger partial charge >= 0.3 is 0 Å². The minimum absolute atomic E-state index is 0.379. The predicted octanol–water partition coefficient (Wildman–Crippen LogP) is 3.22. The van der Waals surface area contributed by atoms with E-state index in [0.717, 1.165) is 12.8 Å². The van der Waals surface area contributed by atoms with Crippen molar-refractivity contribution in [1.82, 2.24) is 5.32 Å². The molecule has 0 aliphatic rings. The summed E-state index contributed by atoms with van der Waals surface area (Å²) in [6.07, 6.45) is 2.15. The van der Waals surface area contributed by atoms with Crippen LogP contribution in [0.4, 0.5) is 0 Å². The first-order chi connectivity index (χ1) is 7.26. The summed E-state index contributed by atoms with van der Waals surface area (Å²) in [7, 11) is 0. The number of hydrogen-bond donors (Lipinski definition) is 1. The monoisotopic (exact) mass is 225 g/mol. The van der Waals surface area contributed by atoms with Crippen molar-refractivity contribution >= 4 is 11.6 Å². The van der Waals surface area contributed by atoms with Crippen LogP contribution in [0.1, 0.15) is 25.8 Å². The number of rotatable bonds is 6. The first kappa shape index (κ1) is 12.5. The van der Waals surface area contributed by atoms with E-state index < -0.39 is 0 Å². The molecule has 15 heavy (non-hydrogen) atoms. The van der Waals surface area contributed by atoms with Crippen molar-refractivity contribution in [2.45, 2.75) is 38.8 Å². The standard InChI is InChI=1S/C13H20ClN/c1-3-11(2)15-13(10-14)9-12-7-5-4-6-8-12/h4-8,11,13,15H,3,9-10H2,1-2H3. The quantitative estimate of drug-likeness (QED) is 0.734. The van der Waals surface area contributed by atoms with E-state index in [1.807, 2.05) is 6.07 Å². The molecule has 0 saturated carbocycles. The highest BCUT2D eigenvalue weighted by Crippen LogP contribution is 2.05. The van der Waals surface area contributed by atoms with E-state index in [0.29, 0.717) is 18.0 Å². The van der Waals surface area contributed by atoms with Crippen LogP contribution in [0, 0.1) is 0 Å². The highest BCUT2D eigenvalue weighted by Gasteiger charge is 2.10. The fourth-order valence-electron chi connectivity index (χ4n) is 1.58. The van der Waals surface area contributed by atoms with Gasteiger partial charge in [-0.1, -0.05) is 37.3 Å². The molecule has 1 rings (SSSR count). The second kappa shape index (κ2) is 6.86. The maximum Gasteiger partial charge on any atom is 0.0380 e. The van der Waals surface area contributed by atoms with Gasteiger partial charge in [-0.05, 0) is 25.3 Å². The molecular formula is C13H20ClN. The minimum atomic E-state index is 0.379. The number of nitrogens with one attached hydrogen (secondary N) is 1. The summed E-state index contributed by atoms with van der Waals surface area (Å²) in [5.41, 5.74) is 1.35. The Morgan fingerprint density at radius 2 is 1.93 bits per heavy atom. The summed E-state index contributed by atoms with van der Waals surface area (Å²) in [5.74, 6) is 0.666. The molecule has 0 aromatic heterocycles. The summed E-state index contributed by atoms with van der Waals surface area (Å²) < 4.78 is 0. The van der Waals surface area contributed by atoms with Crippen LogP contribution in [0.2, 0.25) is 0 Å². The van der Waals surface area contributed by atoms with Gasteiger partial charge in [0.25, 0.3) is 0 Å². The molecule has 2 heteroatoms. The first-order valence-electron chi connectivity index (χ1n) is 5.62. The molecular weight excluding hydrogens is 206 g/mol. The molecule has 0 bridgehead atoms. The van der Waals surface area contributed by atoms with Crippen molar-refractivity contribution in [3.05, 3.63) is 35.9 Å². The lowest BCUT2D eigenvalue weighted by molar-refractivity contribution is 0.458. The summed E-state index contributed by atoms with van der Waals surface area (Å²) >= 11 is 5.96. The molecule has 0 fully saturated rings. The van der Waals surface area contributed by atoms with Crippen LogP contribution in [0.15, 0.2) is 30.3 Å². The van der Waals surface area contributed by atoms with Crippen molar-refractivity contribution in [3.8, 4) is 0 Å². The Morgan fingerprint density at radius 1 is 1.27 bits per heavy atom. The topological polar surface area (TPSA) is 12.0 Å². The Morgan fingerprint density at radius 3 is 2.47 bits per heavy atom. The largest absolute Gasteiger partial charge is 0.310 e. The third-order valence-electron chi connectivity index (χ3n) is 2.64. The van der Waals surface area contributed by atoms with Crippen LogP contribution in [0.3, 0.4) is 0 Å². The summed E-state index contributed by atoms with van der Waals surface area (Å²) in [6.45, 7) is 4.38. The van der Waals surface area contributed by atoms with Crippen molar-refractivity contribution in [2.24, 2.45) is 0 Å². The van der Waals surface area contributed by atoms with E-state index in [2.05, 4.69) is 43.4 Å². The van der Waals surface area contributed by atoms with Gasteiger partial charge in [0.2, 0.25) is 0 Å². The Kier molecular flexibility index (Phi) is 5.74. The normalized spacial score (nSPS) is 14.9. The molecule has 1 N–H and O–H groups in total. The maximum absolute atomic E-state index is 5.96. The van der Waals surface area contributed by atoms with Crippen LogP contribution in [-0.2, 0) is 6.42 Å². The van der Waals surface area contributed by atoms with Gasteiger partial charge in [-0.2, -0.15) is 0 Å². The molecule has 0 aliphatic carbocycles. The van der Waals surface area contributed by atoms with Crippen LogP contribution < -0.4 is 5.32 Å². The molecule has 0 aliphatic heterocycles. The number of benzene rings is 1. The van der Waals surface area contributed by atoms with Crippen molar-refractivity contribution in [2.75, 3.05) is 5.88 Å². The Bertz CT molecular complexity index is 260. The van der Waals surface area contributed by atoms with Crippen LogP contribution >= 0.6 is 11.6 Å². The minimum Gasteiger partial charge on any atom is -0.310 e. The average molecular weight is 226 g/mol. The Hall–Kier alpha value is -0.530. The van der Waals surface area contributed by atoms with Gasteiger partial charge in [0.15, 0.2) is 0 Å². The van der Waals surface area contributed by atoms with E-state index in [1.165, 1.54) is 5.56 Å². The molecule has 0 spiro atoms. The molecule has 2 atom stereocenters. The highest BCUT2D eigenvalue weighted by molar-refractivity contribution is 6.18. The van der Waals surface area contributed by atoms with Gasteiger partial charge in [-0.3, -0.25) is 0 Å². The zero-order valence-electron chi connectivity index (χ0n) is 9.54. The van der Waals surface area contributed by atoms with E-state index in [-0.39, 0.29) is 0 Å². The van der Waals surface area contributed by atoms with Gasteiger partial charge in [-0.15, -0.1) is 11.6 Å². The number of halogens is 1. The van der Waals surface area contributed by atoms with Crippen molar-refractivity contribution < 1.29 is 0 Å². The molecule has 2 unspecified atom stereocenters. The molecule has 1 aromatic rings. The molecule has 1 nitrogen and oxygen atoms in total. The van der Waals surface area contributed by atoms with E-state index >= 15 is 0 Å². The zero-order valence-corrected chi connectivity index (χ0v) is 10.3. The molecule has 1 aromatic carbocycles. The number of alkyl halides is 1. The second-order valence-corrected chi connectivity index (χ2v) is 4.33. The first-order valence-corrected chi connectivity index (χ1v) is 6.15. The maximum atomic E-state index is 5.96. The zero-order chi connectivity index (χ0) is 11.1. The summed E-state index contributed by atoms with van der Waals surface area (Å²) in [4.78, 5) is 0. The lowest BCUT2D eigenvalue weighted by Crippen LogP contribution is -2.38.